The van der Waals surface area contributed by atoms with E-state index in [9.17, 15) is 4.39 Å². The molecular formula is C28H26FN7. The Labute approximate surface area is 209 Å². The van der Waals surface area contributed by atoms with Crippen LogP contribution in [0.1, 0.15) is 30.1 Å². The Morgan fingerprint density at radius 3 is 2.67 bits per heavy atom. The topological polar surface area (TPSA) is 71.6 Å². The monoisotopic (exact) mass is 479 g/mol. The minimum Gasteiger partial charge on any atom is -0.306 e. The maximum absolute atomic E-state index is 14.6. The number of benzene rings is 1. The molecule has 0 saturated carbocycles. The summed E-state index contributed by atoms with van der Waals surface area (Å²) >= 11 is 0. The number of aromatic nitrogens is 4. The van der Waals surface area contributed by atoms with Gasteiger partial charge in [-0.1, -0.05) is 18.1 Å². The normalized spacial score (nSPS) is 19.3. The molecule has 5 rings (SSSR count). The number of halogens is 1. The quantitative estimate of drug-likeness (QED) is 0.526. The van der Waals surface area contributed by atoms with E-state index in [2.05, 4.69) is 37.9 Å². The zero-order valence-electron chi connectivity index (χ0n) is 20.3. The number of allylic oxidation sites excluding steroid dienone is 2. The van der Waals surface area contributed by atoms with Gasteiger partial charge in [0.1, 0.15) is 5.82 Å². The maximum Gasteiger partial charge on any atom is 0.156 e. The standard InChI is InChI=1S/C28H26FN7/c1-4-7-21-23(14-25(34-28(21)30-2)22-8-5-6-9-24(22)29)27-17-31-16-26(33-27)19-15-32-36(18-19)20-10-12-35(3)13-11-20/h1,5-9,14-18,20H,10-13H2,2-3H3. The van der Waals surface area contributed by atoms with E-state index in [4.69, 9.17) is 11.4 Å². The number of dihydropyridines is 1. The molecule has 0 atom stereocenters. The highest BCUT2D eigenvalue weighted by Crippen LogP contribution is 2.30. The second-order valence-electron chi connectivity index (χ2n) is 8.84. The molecule has 0 aliphatic carbocycles. The third kappa shape index (κ3) is 4.66. The highest BCUT2D eigenvalue weighted by molar-refractivity contribution is 6.28. The lowest BCUT2D eigenvalue weighted by molar-refractivity contribution is 0.212. The third-order valence-corrected chi connectivity index (χ3v) is 6.50. The molecule has 2 aromatic heterocycles. The SMILES string of the molecule is C#CC=C1C(c2cncc(-c3cnn(C4CCN(C)CC4)c3)n2)=CC(c2ccccc2F)=NC1=NC. The minimum atomic E-state index is -0.368. The molecule has 1 aromatic carbocycles. The zero-order chi connectivity index (χ0) is 25.1. The second kappa shape index (κ2) is 10.2. The van der Waals surface area contributed by atoms with Gasteiger partial charge >= 0.3 is 0 Å². The van der Waals surface area contributed by atoms with Gasteiger partial charge in [0, 0.05) is 35.5 Å². The number of amidine groups is 1. The first kappa shape index (κ1) is 23.5. The van der Waals surface area contributed by atoms with Crippen LogP contribution in [0, 0.1) is 18.2 Å². The lowest BCUT2D eigenvalue weighted by Crippen LogP contribution is -2.31. The summed E-state index contributed by atoms with van der Waals surface area (Å²) in [6.45, 7) is 2.11. The Bertz CT molecular complexity index is 1450. The molecule has 0 bridgehead atoms. The Morgan fingerprint density at radius 2 is 1.92 bits per heavy atom. The number of terminal acetylenes is 1. The van der Waals surface area contributed by atoms with E-state index >= 15 is 0 Å². The van der Waals surface area contributed by atoms with Crippen molar-refractivity contribution < 1.29 is 4.39 Å². The smallest absolute Gasteiger partial charge is 0.156 e. The maximum atomic E-state index is 14.6. The Balaban J connectivity index is 1.53. The van der Waals surface area contributed by atoms with Gasteiger partial charge in [-0.05, 0) is 57.3 Å². The summed E-state index contributed by atoms with van der Waals surface area (Å²) in [5.41, 5.74) is 4.30. The fourth-order valence-electron chi connectivity index (χ4n) is 4.52. The molecule has 8 heteroatoms. The molecule has 1 fully saturated rings. The Kier molecular flexibility index (Phi) is 6.65. The number of aliphatic imine (C=N–C) groups is 2. The van der Waals surface area contributed by atoms with Gasteiger partial charge in [0.15, 0.2) is 5.84 Å². The van der Waals surface area contributed by atoms with E-state index in [0.29, 0.717) is 45.7 Å². The van der Waals surface area contributed by atoms with E-state index in [1.54, 1.807) is 49.8 Å². The molecule has 0 unspecified atom stereocenters. The summed E-state index contributed by atoms with van der Waals surface area (Å²) in [6, 6.07) is 6.88. The van der Waals surface area contributed by atoms with Crippen molar-refractivity contribution in [3.05, 3.63) is 83.9 Å². The molecule has 4 heterocycles. The van der Waals surface area contributed by atoms with Crippen LogP contribution in [-0.2, 0) is 0 Å². The zero-order valence-corrected chi connectivity index (χ0v) is 20.3. The molecule has 180 valence electrons. The fraction of sp³-hybridized carbons (Fsp3) is 0.250. The van der Waals surface area contributed by atoms with Crippen LogP contribution >= 0.6 is 0 Å². The van der Waals surface area contributed by atoms with Gasteiger partial charge in [-0.2, -0.15) is 5.10 Å². The van der Waals surface area contributed by atoms with Crippen molar-refractivity contribution >= 4 is 17.1 Å². The van der Waals surface area contributed by atoms with Crippen LogP contribution in [0.2, 0.25) is 0 Å². The van der Waals surface area contributed by atoms with Gasteiger partial charge in [0.25, 0.3) is 0 Å². The molecule has 1 saturated heterocycles. The molecule has 3 aromatic rings. The molecule has 7 nitrogen and oxygen atoms in total. The minimum absolute atomic E-state index is 0.368. The van der Waals surface area contributed by atoms with Crippen LogP contribution < -0.4 is 0 Å². The fourth-order valence-corrected chi connectivity index (χ4v) is 4.52. The van der Waals surface area contributed by atoms with Gasteiger partial charge in [-0.3, -0.25) is 14.7 Å². The van der Waals surface area contributed by atoms with Gasteiger partial charge in [-0.25, -0.2) is 14.4 Å². The van der Waals surface area contributed by atoms with Crippen LogP contribution in [0.4, 0.5) is 4.39 Å². The average molecular weight is 480 g/mol. The Morgan fingerprint density at radius 1 is 1.14 bits per heavy atom. The summed E-state index contributed by atoms with van der Waals surface area (Å²) in [5, 5.41) is 4.61. The molecule has 2 aliphatic heterocycles. The van der Waals surface area contributed by atoms with Crippen LogP contribution in [0.5, 0.6) is 0 Å². The van der Waals surface area contributed by atoms with Crippen molar-refractivity contribution in [2.45, 2.75) is 18.9 Å². The highest BCUT2D eigenvalue weighted by atomic mass is 19.1. The number of nitrogens with zero attached hydrogens (tertiary/aromatic N) is 7. The van der Waals surface area contributed by atoms with Gasteiger partial charge in [0.2, 0.25) is 0 Å². The molecule has 2 aliphatic rings. The summed E-state index contributed by atoms with van der Waals surface area (Å²) in [4.78, 5) is 20.5. The highest BCUT2D eigenvalue weighted by Gasteiger charge is 2.24. The largest absolute Gasteiger partial charge is 0.306 e. The van der Waals surface area contributed by atoms with Gasteiger partial charge in [0.05, 0.1) is 41.7 Å². The lowest BCUT2D eigenvalue weighted by Gasteiger charge is -2.28. The molecule has 36 heavy (non-hydrogen) atoms. The number of likely N-dealkylation sites (tertiary alicyclic amines) is 1. The van der Waals surface area contributed by atoms with E-state index in [-0.39, 0.29) is 5.82 Å². The summed E-state index contributed by atoms with van der Waals surface area (Å²) < 4.78 is 16.6. The van der Waals surface area contributed by atoms with Crippen LogP contribution in [0.3, 0.4) is 0 Å². The lowest BCUT2D eigenvalue weighted by atomic mass is 9.94. The van der Waals surface area contributed by atoms with E-state index < -0.39 is 0 Å². The van der Waals surface area contributed by atoms with Crippen LogP contribution in [0.25, 0.3) is 16.8 Å². The van der Waals surface area contributed by atoms with E-state index in [0.717, 1.165) is 31.5 Å². The predicted octanol–water partition coefficient (Wildman–Crippen LogP) is 4.22. The van der Waals surface area contributed by atoms with E-state index in [1.165, 1.54) is 6.07 Å². The number of piperidine rings is 1. The van der Waals surface area contributed by atoms with Crippen LogP contribution in [0.15, 0.2) is 76.8 Å². The number of hydrogen-bond acceptors (Lipinski definition) is 5. The predicted molar refractivity (Wildman–Crippen MR) is 140 cm³/mol. The van der Waals surface area contributed by atoms with E-state index in [1.807, 2.05) is 17.1 Å². The van der Waals surface area contributed by atoms with Crippen molar-refractivity contribution in [3.8, 4) is 23.6 Å². The molecule has 0 N–H and O–H groups in total. The first-order chi connectivity index (χ1) is 17.6. The Hall–Kier alpha value is -4.22. The average Bonchev–Trinajstić information content (AvgIpc) is 3.40. The molecule has 0 amide bonds. The molecular weight excluding hydrogens is 453 g/mol. The van der Waals surface area contributed by atoms with Crippen molar-refractivity contribution in [2.24, 2.45) is 9.98 Å². The summed E-state index contributed by atoms with van der Waals surface area (Å²) in [5.74, 6) is 2.61. The van der Waals surface area contributed by atoms with Crippen molar-refractivity contribution in [3.63, 3.8) is 0 Å². The van der Waals surface area contributed by atoms with Crippen molar-refractivity contribution in [1.29, 1.82) is 0 Å². The van der Waals surface area contributed by atoms with Crippen molar-refractivity contribution in [1.82, 2.24) is 24.6 Å². The van der Waals surface area contributed by atoms with Crippen molar-refractivity contribution in [2.75, 3.05) is 27.2 Å². The summed E-state index contributed by atoms with van der Waals surface area (Å²) in [6.07, 6.45) is 18.4. The number of hydrogen-bond donors (Lipinski definition) is 0. The molecule has 0 radical (unpaired) electrons. The number of rotatable bonds is 4. The van der Waals surface area contributed by atoms with Gasteiger partial charge < -0.3 is 4.90 Å². The van der Waals surface area contributed by atoms with Crippen LogP contribution in [-0.4, -0.2) is 63.4 Å². The first-order valence-corrected chi connectivity index (χ1v) is 11.8. The first-order valence-electron chi connectivity index (χ1n) is 11.8. The summed E-state index contributed by atoms with van der Waals surface area (Å²) in [7, 11) is 3.77. The molecule has 0 spiro atoms. The third-order valence-electron chi connectivity index (χ3n) is 6.50. The van der Waals surface area contributed by atoms with Gasteiger partial charge in [-0.15, -0.1) is 6.42 Å². The second-order valence-corrected chi connectivity index (χ2v) is 8.84.